The van der Waals surface area contributed by atoms with Gasteiger partial charge in [-0.05, 0) is 55.7 Å². The Hall–Kier alpha value is -0.860. The molecule has 0 aromatic heterocycles. The van der Waals surface area contributed by atoms with E-state index in [4.69, 9.17) is 5.73 Å². The zero-order valence-electron chi connectivity index (χ0n) is 9.73. The Kier molecular flexibility index (Phi) is 3.97. The van der Waals surface area contributed by atoms with Gasteiger partial charge in [0.25, 0.3) is 0 Å². The second-order valence-electron chi connectivity index (χ2n) is 4.75. The van der Waals surface area contributed by atoms with E-state index in [-0.39, 0.29) is 6.10 Å². The van der Waals surface area contributed by atoms with E-state index in [9.17, 15) is 5.11 Å². The van der Waals surface area contributed by atoms with E-state index >= 15 is 0 Å². The quantitative estimate of drug-likeness (QED) is 0.815. The Morgan fingerprint density at radius 1 is 1.25 bits per heavy atom. The van der Waals surface area contributed by atoms with Crippen LogP contribution in [-0.4, -0.2) is 17.8 Å². The molecule has 0 aliphatic heterocycles. The third-order valence-corrected chi connectivity index (χ3v) is 3.55. The van der Waals surface area contributed by atoms with Crippen LogP contribution in [0.4, 0.5) is 0 Å². The fourth-order valence-corrected chi connectivity index (χ4v) is 2.69. The number of nitrogens with two attached hydrogens (primary N) is 1. The molecule has 0 bridgehead atoms. The predicted molar refractivity (Wildman–Crippen MR) is 66.4 cm³/mol. The first-order chi connectivity index (χ1) is 7.81. The SMILES string of the molecule is NCCCc1ccccc1C1CCC(O)C1. The topological polar surface area (TPSA) is 46.2 Å². The molecule has 16 heavy (non-hydrogen) atoms. The lowest BCUT2D eigenvalue weighted by atomic mass is 9.91. The van der Waals surface area contributed by atoms with Gasteiger partial charge in [-0.25, -0.2) is 0 Å². The highest BCUT2D eigenvalue weighted by molar-refractivity contribution is 5.31. The molecule has 0 heterocycles. The van der Waals surface area contributed by atoms with E-state index in [1.165, 1.54) is 11.1 Å². The Balaban J connectivity index is 2.12. The summed E-state index contributed by atoms with van der Waals surface area (Å²) in [5.41, 5.74) is 8.42. The van der Waals surface area contributed by atoms with Crippen molar-refractivity contribution in [2.24, 2.45) is 5.73 Å². The highest BCUT2D eigenvalue weighted by Crippen LogP contribution is 2.36. The Morgan fingerprint density at radius 3 is 2.75 bits per heavy atom. The zero-order chi connectivity index (χ0) is 11.4. The van der Waals surface area contributed by atoms with E-state index in [2.05, 4.69) is 24.3 Å². The summed E-state index contributed by atoms with van der Waals surface area (Å²) in [6, 6.07) is 8.62. The number of hydrogen-bond acceptors (Lipinski definition) is 2. The highest BCUT2D eigenvalue weighted by Gasteiger charge is 2.25. The number of aryl methyl sites for hydroxylation is 1. The lowest BCUT2D eigenvalue weighted by molar-refractivity contribution is 0.181. The Labute approximate surface area is 97.5 Å². The van der Waals surface area contributed by atoms with Crippen molar-refractivity contribution >= 4 is 0 Å². The summed E-state index contributed by atoms with van der Waals surface area (Å²) in [6.45, 7) is 0.752. The van der Waals surface area contributed by atoms with Crippen molar-refractivity contribution in [2.45, 2.75) is 44.1 Å². The van der Waals surface area contributed by atoms with Crippen LogP contribution in [0.25, 0.3) is 0 Å². The monoisotopic (exact) mass is 219 g/mol. The fraction of sp³-hybridized carbons (Fsp3) is 0.571. The summed E-state index contributed by atoms with van der Waals surface area (Å²) in [5, 5.41) is 9.61. The van der Waals surface area contributed by atoms with Gasteiger partial charge < -0.3 is 10.8 Å². The third kappa shape index (κ3) is 2.63. The number of hydrogen-bond donors (Lipinski definition) is 2. The molecule has 1 aliphatic carbocycles. The van der Waals surface area contributed by atoms with E-state index in [0.29, 0.717) is 5.92 Å². The maximum absolute atomic E-state index is 9.61. The standard InChI is InChI=1S/C14H21NO/c15-9-3-5-11-4-1-2-6-14(11)12-7-8-13(16)10-12/h1-2,4,6,12-13,16H,3,5,7-10,15H2. The van der Waals surface area contributed by atoms with Crippen LogP contribution in [0.5, 0.6) is 0 Å². The summed E-state index contributed by atoms with van der Waals surface area (Å²) in [7, 11) is 0. The van der Waals surface area contributed by atoms with Crippen LogP contribution in [0.15, 0.2) is 24.3 Å². The molecule has 2 nitrogen and oxygen atoms in total. The van der Waals surface area contributed by atoms with Crippen molar-refractivity contribution in [1.29, 1.82) is 0 Å². The van der Waals surface area contributed by atoms with E-state index in [0.717, 1.165) is 38.6 Å². The minimum Gasteiger partial charge on any atom is -0.393 e. The number of aliphatic hydroxyl groups excluding tert-OH is 1. The largest absolute Gasteiger partial charge is 0.393 e. The van der Waals surface area contributed by atoms with Crippen LogP contribution < -0.4 is 5.73 Å². The van der Waals surface area contributed by atoms with Gasteiger partial charge in [-0.1, -0.05) is 24.3 Å². The molecule has 1 aromatic carbocycles. The van der Waals surface area contributed by atoms with Crippen LogP contribution in [0, 0.1) is 0 Å². The van der Waals surface area contributed by atoms with Crippen molar-refractivity contribution < 1.29 is 5.11 Å². The molecule has 1 saturated carbocycles. The summed E-state index contributed by atoms with van der Waals surface area (Å²) < 4.78 is 0. The highest BCUT2D eigenvalue weighted by atomic mass is 16.3. The van der Waals surface area contributed by atoms with Gasteiger partial charge in [-0.15, -0.1) is 0 Å². The molecule has 2 atom stereocenters. The van der Waals surface area contributed by atoms with E-state index in [1.54, 1.807) is 0 Å². The molecule has 2 heteroatoms. The second kappa shape index (κ2) is 5.46. The third-order valence-electron chi connectivity index (χ3n) is 3.55. The van der Waals surface area contributed by atoms with Gasteiger partial charge in [-0.3, -0.25) is 0 Å². The first-order valence-corrected chi connectivity index (χ1v) is 6.27. The van der Waals surface area contributed by atoms with Gasteiger partial charge >= 0.3 is 0 Å². The molecule has 88 valence electrons. The molecule has 0 amide bonds. The van der Waals surface area contributed by atoms with Crippen molar-refractivity contribution in [3.05, 3.63) is 35.4 Å². The van der Waals surface area contributed by atoms with Gasteiger partial charge in [0.1, 0.15) is 0 Å². The lowest BCUT2D eigenvalue weighted by Gasteiger charge is -2.15. The van der Waals surface area contributed by atoms with E-state index < -0.39 is 0 Å². The van der Waals surface area contributed by atoms with Gasteiger partial charge in [0.15, 0.2) is 0 Å². The fourth-order valence-electron chi connectivity index (χ4n) is 2.69. The summed E-state index contributed by atoms with van der Waals surface area (Å²) in [5.74, 6) is 0.559. The normalized spacial score (nSPS) is 24.9. The minimum absolute atomic E-state index is 0.0902. The average Bonchev–Trinajstić information content (AvgIpc) is 2.73. The number of aliphatic hydroxyl groups is 1. The van der Waals surface area contributed by atoms with Gasteiger partial charge in [0.2, 0.25) is 0 Å². The molecule has 2 unspecified atom stereocenters. The van der Waals surface area contributed by atoms with Crippen LogP contribution >= 0.6 is 0 Å². The maximum Gasteiger partial charge on any atom is 0.0546 e. The lowest BCUT2D eigenvalue weighted by Crippen LogP contribution is -2.05. The van der Waals surface area contributed by atoms with Crippen molar-refractivity contribution in [1.82, 2.24) is 0 Å². The van der Waals surface area contributed by atoms with Crippen molar-refractivity contribution in [2.75, 3.05) is 6.54 Å². The summed E-state index contributed by atoms with van der Waals surface area (Å²) in [6.07, 6.45) is 5.04. The molecule has 1 aliphatic rings. The van der Waals surface area contributed by atoms with Gasteiger partial charge in [0, 0.05) is 0 Å². The smallest absolute Gasteiger partial charge is 0.0546 e. The van der Waals surface area contributed by atoms with Crippen LogP contribution in [0.2, 0.25) is 0 Å². The van der Waals surface area contributed by atoms with Gasteiger partial charge in [0.05, 0.1) is 6.10 Å². The molecular weight excluding hydrogens is 198 g/mol. The molecular formula is C14H21NO. The van der Waals surface area contributed by atoms with E-state index in [1.807, 2.05) is 0 Å². The van der Waals surface area contributed by atoms with Crippen LogP contribution in [0.1, 0.15) is 42.7 Å². The van der Waals surface area contributed by atoms with Crippen molar-refractivity contribution in [3.63, 3.8) is 0 Å². The zero-order valence-corrected chi connectivity index (χ0v) is 9.73. The molecule has 0 saturated heterocycles. The maximum atomic E-state index is 9.61. The minimum atomic E-state index is -0.0902. The van der Waals surface area contributed by atoms with Crippen LogP contribution in [-0.2, 0) is 6.42 Å². The Bertz CT molecular complexity index is 337. The summed E-state index contributed by atoms with van der Waals surface area (Å²) in [4.78, 5) is 0. The number of rotatable bonds is 4. The predicted octanol–water partition coefficient (Wildman–Crippen LogP) is 2.21. The Morgan fingerprint density at radius 2 is 2.06 bits per heavy atom. The molecule has 3 N–H and O–H groups in total. The first kappa shape index (κ1) is 11.6. The molecule has 1 aromatic rings. The molecule has 0 spiro atoms. The van der Waals surface area contributed by atoms with Crippen LogP contribution in [0.3, 0.4) is 0 Å². The first-order valence-electron chi connectivity index (χ1n) is 6.27. The summed E-state index contributed by atoms with van der Waals surface area (Å²) >= 11 is 0. The molecule has 0 radical (unpaired) electrons. The average molecular weight is 219 g/mol. The number of benzene rings is 1. The molecule has 2 rings (SSSR count). The second-order valence-corrected chi connectivity index (χ2v) is 4.75. The van der Waals surface area contributed by atoms with Gasteiger partial charge in [-0.2, -0.15) is 0 Å². The van der Waals surface area contributed by atoms with Crippen molar-refractivity contribution in [3.8, 4) is 0 Å². The molecule has 1 fully saturated rings.